The summed E-state index contributed by atoms with van der Waals surface area (Å²) in [7, 11) is 1.24. The Balaban J connectivity index is 1.91. The highest BCUT2D eigenvalue weighted by atomic mass is 19.1. The molecule has 0 bridgehead atoms. The zero-order valence-corrected chi connectivity index (χ0v) is 19.4. The molecule has 2 heterocycles. The van der Waals surface area contributed by atoms with E-state index in [-0.39, 0.29) is 17.7 Å². The van der Waals surface area contributed by atoms with Crippen molar-refractivity contribution in [2.24, 2.45) is 0 Å². The highest BCUT2D eigenvalue weighted by Crippen LogP contribution is 2.37. The number of hydrogen-bond acceptors (Lipinski definition) is 5. The predicted octanol–water partition coefficient (Wildman–Crippen LogP) is 3.08. The Labute approximate surface area is 179 Å². The third kappa shape index (κ3) is 4.42. The average Bonchev–Trinajstić information content (AvgIpc) is 2.96. The van der Waals surface area contributed by atoms with Crippen LogP contribution >= 0.6 is 0 Å². The average molecular weight is 420 g/mol. The molecule has 3 rings (SSSR count). The van der Waals surface area contributed by atoms with E-state index in [9.17, 15) is 4.79 Å². The third-order valence-corrected chi connectivity index (χ3v) is 6.80. The van der Waals surface area contributed by atoms with Gasteiger partial charge in [-0.3, -0.25) is 9.69 Å². The topological polar surface area (TPSA) is 60.0 Å². The van der Waals surface area contributed by atoms with Crippen molar-refractivity contribution in [3.8, 4) is 0 Å². The first-order valence-electron chi connectivity index (χ1n) is 10.6. The standard InChI is InChI=1S/C22H34BFN2O4/c1-14(27)25-16-11-15(9-10-17-13-28-22(6,7)26(17)8)19(18(24)12-16)23-29-20(2,3)21(4,5)30-23/h11-12,17H,9-10,13H2,1-8H3,(H,25,27)/t17-/m0/s1. The first-order chi connectivity index (χ1) is 13.7. The van der Waals surface area contributed by atoms with Gasteiger partial charge >= 0.3 is 7.12 Å². The molecule has 2 aliphatic rings. The van der Waals surface area contributed by atoms with Crippen LogP contribution in [0.15, 0.2) is 12.1 Å². The first kappa shape index (κ1) is 23.2. The Kier molecular flexibility index (Phi) is 6.10. The number of carbonyl (C=O) groups is 1. The maximum absolute atomic E-state index is 15.3. The lowest BCUT2D eigenvalue weighted by atomic mass is 9.74. The summed E-state index contributed by atoms with van der Waals surface area (Å²) < 4.78 is 33.4. The van der Waals surface area contributed by atoms with Crippen molar-refractivity contribution < 1.29 is 23.2 Å². The number of benzene rings is 1. The second-order valence-electron chi connectivity index (χ2n) is 9.86. The minimum absolute atomic E-state index is 0.221. The van der Waals surface area contributed by atoms with Crippen LogP contribution in [0.25, 0.3) is 0 Å². The number of nitrogens with one attached hydrogen (secondary N) is 1. The molecular weight excluding hydrogens is 386 g/mol. The fourth-order valence-electron chi connectivity index (χ4n) is 3.93. The van der Waals surface area contributed by atoms with Gasteiger partial charge in [0.05, 0.1) is 17.8 Å². The largest absolute Gasteiger partial charge is 0.498 e. The molecule has 0 unspecified atom stereocenters. The van der Waals surface area contributed by atoms with Gasteiger partial charge in [-0.2, -0.15) is 0 Å². The van der Waals surface area contributed by atoms with Crippen LogP contribution in [0.5, 0.6) is 0 Å². The number of aryl methyl sites for hydroxylation is 1. The second kappa shape index (κ2) is 7.90. The van der Waals surface area contributed by atoms with E-state index in [0.29, 0.717) is 24.2 Å². The fourth-order valence-corrected chi connectivity index (χ4v) is 3.93. The van der Waals surface area contributed by atoms with Crippen LogP contribution in [0.3, 0.4) is 0 Å². The smallest absolute Gasteiger partial charge is 0.399 e. The van der Waals surface area contributed by atoms with Crippen LogP contribution in [0.2, 0.25) is 0 Å². The quantitative estimate of drug-likeness (QED) is 0.742. The van der Waals surface area contributed by atoms with Crippen molar-refractivity contribution in [3.63, 3.8) is 0 Å². The molecule has 1 aromatic carbocycles. The number of hydrogen-bond donors (Lipinski definition) is 1. The van der Waals surface area contributed by atoms with Gasteiger partial charge in [-0.05, 0) is 79.1 Å². The number of nitrogens with zero attached hydrogens (tertiary/aromatic N) is 1. The number of anilines is 1. The van der Waals surface area contributed by atoms with Crippen LogP contribution < -0.4 is 10.8 Å². The summed E-state index contributed by atoms with van der Waals surface area (Å²) in [5.74, 6) is -0.680. The van der Waals surface area contributed by atoms with Gasteiger partial charge in [-0.25, -0.2) is 4.39 Å². The summed E-state index contributed by atoms with van der Waals surface area (Å²) in [4.78, 5) is 13.7. The van der Waals surface area contributed by atoms with Crippen LogP contribution in [-0.2, 0) is 25.3 Å². The highest BCUT2D eigenvalue weighted by Gasteiger charge is 2.53. The lowest BCUT2D eigenvalue weighted by molar-refractivity contribution is -0.114. The minimum atomic E-state index is -0.801. The monoisotopic (exact) mass is 420 g/mol. The number of halogens is 1. The molecule has 1 atom stereocenters. The van der Waals surface area contributed by atoms with E-state index >= 15 is 4.39 Å². The molecule has 8 heteroatoms. The predicted molar refractivity (Wildman–Crippen MR) is 116 cm³/mol. The molecular formula is C22H34BFN2O4. The molecule has 2 saturated heterocycles. The zero-order valence-electron chi connectivity index (χ0n) is 19.4. The van der Waals surface area contributed by atoms with E-state index < -0.39 is 24.1 Å². The molecule has 6 nitrogen and oxygen atoms in total. The second-order valence-corrected chi connectivity index (χ2v) is 9.86. The van der Waals surface area contributed by atoms with Gasteiger partial charge in [0.15, 0.2) is 0 Å². The minimum Gasteiger partial charge on any atom is -0.399 e. The first-order valence-corrected chi connectivity index (χ1v) is 10.6. The van der Waals surface area contributed by atoms with Crippen molar-refractivity contribution in [1.82, 2.24) is 4.90 Å². The Morgan fingerprint density at radius 2 is 1.80 bits per heavy atom. The molecule has 2 fully saturated rings. The van der Waals surface area contributed by atoms with Crippen molar-refractivity contribution in [1.29, 1.82) is 0 Å². The van der Waals surface area contributed by atoms with Crippen molar-refractivity contribution >= 4 is 24.2 Å². The van der Waals surface area contributed by atoms with Crippen molar-refractivity contribution in [2.75, 3.05) is 19.0 Å². The van der Waals surface area contributed by atoms with E-state index in [1.54, 1.807) is 0 Å². The maximum atomic E-state index is 15.3. The summed E-state index contributed by atoms with van der Waals surface area (Å²) >= 11 is 0. The van der Waals surface area contributed by atoms with Crippen LogP contribution in [0.4, 0.5) is 10.1 Å². The van der Waals surface area contributed by atoms with Gasteiger partial charge < -0.3 is 19.4 Å². The number of amides is 1. The number of carbonyl (C=O) groups excluding carboxylic acids is 1. The molecule has 1 aromatic rings. The van der Waals surface area contributed by atoms with Gasteiger partial charge in [0.2, 0.25) is 5.91 Å². The summed E-state index contributed by atoms with van der Waals surface area (Å²) in [6, 6.07) is 3.38. The van der Waals surface area contributed by atoms with Gasteiger partial charge in [0, 0.05) is 24.1 Å². The summed E-state index contributed by atoms with van der Waals surface area (Å²) in [5.41, 5.74) is 0.163. The summed E-state index contributed by atoms with van der Waals surface area (Å²) in [5, 5.41) is 2.69. The Hall–Kier alpha value is -1.48. The Bertz CT molecular complexity index is 812. The number of likely N-dealkylation sites (N-methyl/N-ethyl adjacent to an activating group) is 1. The normalized spacial score (nSPS) is 25.0. The molecule has 0 aliphatic carbocycles. The lowest BCUT2D eigenvalue weighted by Crippen LogP contribution is -2.42. The van der Waals surface area contributed by atoms with Crippen LogP contribution in [0.1, 0.15) is 60.5 Å². The van der Waals surface area contributed by atoms with E-state index in [4.69, 9.17) is 14.0 Å². The van der Waals surface area contributed by atoms with Crippen molar-refractivity contribution in [2.45, 2.75) is 84.3 Å². The number of ether oxygens (including phenoxy) is 1. The molecule has 2 aliphatic heterocycles. The molecule has 0 radical (unpaired) electrons. The van der Waals surface area contributed by atoms with Crippen molar-refractivity contribution in [3.05, 3.63) is 23.5 Å². The third-order valence-electron chi connectivity index (χ3n) is 6.80. The molecule has 0 aromatic heterocycles. The molecule has 1 amide bonds. The maximum Gasteiger partial charge on any atom is 0.498 e. The van der Waals surface area contributed by atoms with Gasteiger partial charge in [0.25, 0.3) is 0 Å². The number of rotatable bonds is 5. The Morgan fingerprint density at radius 1 is 1.20 bits per heavy atom. The lowest BCUT2D eigenvalue weighted by Gasteiger charge is -2.32. The Morgan fingerprint density at radius 3 is 2.30 bits per heavy atom. The van der Waals surface area contributed by atoms with Gasteiger partial charge in [-0.1, -0.05) is 0 Å². The molecule has 166 valence electrons. The van der Waals surface area contributed by atoms with E-state index in [1.165, 1.54) is 13.0 Å². The van der Waals surface area contributed by atoms with Gasteiger partial charge in [-0.15, -0.1) is 0 Å². The van der Waals surface area contributed by atoms with Gasteiger partial charge in [0.1, 0.15) is 11.5 Å². The zero-order chi connectivity index (χ0) is 22.5. The van der Waals surface area contributed by atoms with E-state index in [2.05, 4.69) is 10.2 Å². The van der Waals surface area contributed by atoms with E-state index in [0.717, 1.165) is 12.0 Å². The molecule has 1 N–H and O–H groups in total. The fraction of sp³-hybridized carbons (Fsp3) is 0.682. The molecule has 0 spiro atoms. The summed E-state index contributed by atoms with van der Waals surface area (Å²) in [6.07, 6.45) is 1.40. The SMILES string of the molecule is CC(=O)Nc1cc(F)c(B2OC(C)(C)C(C)(C)O2)c(CC[C@H]2COC(C)(C)N2C)c1. The van der Waals surface area contributed by atoms with Crippen LogP contribution in [0, 0.1) is 5.82 Å². The molecule has 30 heavy (non-hydrogen) atoms. The van der Waals surface area contributed by atoms with Crippen LogP contribution in [-0.4, -0.2) is 54.5 Å². The molecule has 0 saturated carbocycles. The van der Waals surface area contributed by atoms with E-state index in [1.807, 2.05) is 54.7 Å². The summed E-state index contributed by atoms with van der Waals surface area (Å²) in [6.45, 7) is 13.9. The highest BCUT2D eigenvalue weighted by molar-refractivity contribution is 6.62.